The van der Waals surface area contributed by atoms with E-state index in [2.05, 4.69) is 17.9 Å². The summed E-state index contributed by atoms with van der Waals surface area (Å²) in [7, 11) is -6.09. The number of hydrogen-bond donors (Lipinski definition) is 0. The molecule has 0 fully saturated rings. The van der Waals surface area contributed by atoms with E-state index in [-0.39, 0.29) is 21.2 Å². The molecule has 0 N–H and O–H groups in total. The van der Waals surface area contributed by atoms with Crippen LogP contribution >= 0.6 is 0 Å². The zero-order valence-electron chi connectivity index (χ0n) is 14.5. The molecule has 11 heteroatoms. The first-order valence-corrected chi connectivity index (χ1v) is 11.5. The van der Waals surface area contributed by atoms with Crippen molar-refractivity contribution >= 4 is 10.1 Å². The van der Waals surface area contributed by atoms with Crippen LogP contribution in [0.5, 0.6) is 0 Å². The summed E-state index contributed by atoms with van der Waals surface area (Å²) >= 11 is -0.317. The molecule has 1 aromatic rings. The molecule has 0 aliphatic heterocycles. The van der Waals surface area contributed by atoms with Gasteiger partial charge in [-0.15, -0.1) is 0 Å². The highest BCUT2D eigenvalue weighted by Crippen LogP contribution is 2.28. The third-order valence-corrected chi connectivity index (χ3v) is 6.29. The molecule has 0 bridgehead atoms. The number of halogens is 7. The van der Waals surface area contributed by atoms with E-state index in [1.165, 1.54) is 30.5 Å². The summed E-state index contributed by atoms with van der Waals surface area (Å²) in [6.45, 7) is 4.30. The van der Waals surface area contributed by atoms with Gasteiger partial charge in [-0.25, -0.2) is 8.42 Å². The van der Waals surface area contributed by atoms with Crippen molar-refractivity contribution in [3.8, 4) is 0 Å². The van der Waals surface area contributed by atoms with Crippen molar-refractivity contribution in [2.45, 2.75) is 51.2 Å². The maximum absolute atomic E-state index is 12.4. The normalized spacial score (nSPS) is 13.1. The zero-order chi connectivity index (χ0) is 21.3. The molecule has 0 saturated heterocycles. The van der Waals surface area contributed by atoms with E-state index < -0.39 is 27.4 Å². The zero-order valence-corrected chi connectivity index (χ0v) is 17.5. The number of alkyl halides is 6. The highest BCUT2D eigenvalue weighted by atomic mass is 127. The van der Waals surface area contributed by atoms with E-state index in [9.17, 15) is 26.3 Å². The molecule has 0 aliphatic rings. The summed E-state index contributed by atoms with van der Waals surface area (Å²) in [6.07, 6.45) is 0.294. The maximum Gasteiger partial charge on any atom is 0.485 e. The number of allylic oxidation sites excluding steroid dienone is 1. The summed E-state index contributed by atoms with van der Waals surface area (Å²) in [5.74, 6) is 0. The first kappa shape index (κ1) is 26.2. The average molecular weight is 532 g/mol. The minimum atomic E-state index is -6.09. The minimum absolute atomic E-state index is 0.317. The highest BCUT2D eigenvalue weighted by molar-refractivity contribution is 7.86. The van der Waals surface area contributed by atoms with E-state index >= 15 is 0 Å². The minimum Gasteiger partial charge on any atom is -0.741 e. The Morgan fingerprint density at radius 1 is 1.07 bits per heavy atom. The standard InChI is InChI=1S/C15H19F3I.CHF3O3S/c1-3-5-6-12(4-2)11-19-14-9-7-13(8-10-14)15(16,17)18;2-1(3,4)8(5,6)7/h7-11H,3-6H2,1-2H3;(H,5,6,7)/q+1;/p-1/b12-11-;. The quantitative estimate of drug-likeness (QED) is 0.245. The molecule has 0 aromatic heterocycles. The molecule has 0 unspecified atom stereocenters. The van der Waals surface area contributed by atoms with Crippen molar-refractivity contribution in [1.29, 1.82) is 0 Å². The summed E-state index contributed by atoms with van der Waals surface area (Å²) in [4.78, 5) is 0. The molecule has 1 rings (SSSR count). The number of benzene rings is 1. The Morgan fingerprint density at radius 2 is 1.56 bits per heavy atom. The lowest BCUT2D eigenvalue weighted by atomic mass is 10.1. The first-order chi connectivity index (χ1) is 12.2. The fourth-order valence-electron chi connectivity index (χ4n) is 1.56. The lowest BCUT2D eigenvalue weighted by molar-refractivity contribution is -0.557. The van der Waals surface area contributed by atoms with E-state index in [1.54, 1.807) is 12.1 Å². The van der Waals surface area contributed by atoms with Crippen LogP contribution in [-0.4, -0.2) is 18.5 Å². The Hall–Kier alpha value is -0.820. The monoisotopic (exact) mass is 532 g/mol. The van der Waals surface area contributed by atoms with E-state index in [4.69, 9.17) is 13.0 Å². The van der Waals surface area contributed by atoms with Gasteiger partial charge in [-0.3, -0.25) is 0 Å². The highest BCUT2D eigenvalue weighted by Gasteiger charge is 2.37. The van der Waals surface area contributed by atoms with Crippen LogP contribution in [0.15, 0.2) is 33.9 Å². The molecule has 0 atom stereocenters. The molecule has 0 heterocycles. The predicted octanol–water partition coefficient (Wildman–Crippen LogP) is 2.50. The molecule has 156 valence electrons. The molecular formula is C16H19F6IO3S. The number of rotatable bonds is 6. The van der Waals surface area contributed by atoms with Gasteiger partial charge in [0.05, 0.1) is 5.56 Å². The SMILES string of the molecule is CCCC/C(=C\[I+]c1ccc(C(F)(F)F)cc1)CC.O=S(=O)([O-])C(F)(F)F. The molecule has 3 nitrogen and oxygen atoms in total. The van der Waals surface area contributed by atoms with Crippen LogP contribution < -0.4 is 21.2 Å². The summed E-state index contributed by atoms with van der Waals surface area (Å²) < 4.78 is 99.5. The molecule has 0 saturated carbocycles. The van der Waals surface area contributed by atoms with Gasteiger partial charge in [-0.1, -0.05) is 20.3 Å². The van der Waals surface area contributed by atoms with Crippen LogP contribution in [0.25, 0.3) is 0 Å². The third kappa shape index (κ3) is 10.9. The van der Waals surface area contributed by atoms with Crippen molar-refractivity contribution in [3.05, 3.63) is 43.1 Å². The Morgan fingerprint density at radius 3 is 1.89 bits per heavy atom. The lowest BCUT2D eigenvalue weighted by Gasteiger charge is -2.08. The van der Waals surface area contributed by atoms with Gasteiger partial charge >= 0.3 is 32.9 Å². The van der Waals surface area contributed by atoms with Crippen molar-refractivity contribution in [2.75, 3.05) is 0 Å². The third-order valence-electron chi connectivity index (χ3n) is 3.10. The van der Waals surface area contributed by atoms with Crippen LogP contribution in [0.1, 0.15) is 45.1 Å². The fraction of sp³-hybridized carbons (Fsp3) is 0.500. The van der Waals surface area contributed by atoms with Gasteiger partial charge in [-0.2, -0.15) is 26.3 Å². The Bertz CT molecular complexity index is 694. The van der Waals surface area contributed by atoms with E-state index in [0.717, 1.165) is 16.4 Å². The summed E-state index contributed by atoms with van der Waals surface area (Å²) in [5.41, 5.74) is -4.77. The molecule has 0 radical (unpaired) electrons. The van der Waals surface area contributed by atoms with Crippen LogP contribution in [0.3, 0.4) is 0 Å². The van der Waals surface area contributed by atoms with Gasteiger partial charge in [0, 0.05) is 0 Å². The van der Waals surface area contributed by atoms with Crippen molar-refractivity contribution in [2.24, 2.45) is 0 Å². The Labute approximate surface area is 164 Å². The average Bonchev–Trinajstić information content (AvgIpc) is 2.53. The molecule has 0 spiro atoms. The largest absolute Gasteiger partial charge is 0.741 e. The number of unbranched alkanes of at least 4 members (excludes halogenated alkanes) is 1. The second-order valence-electron chi connectivity index (χ2n) is 5.24. The molecule has 1 aromatic carbocycles. The van der Waals surface area contributed by atoms with Crippen LogP contribution in [-0.2, 0) is 16.3 Å². The molecule has 0 aliphatic carbocycles. The van der Waals surface area contributed by atoms with Gasteiger partial charge in [0.25, 0.3) is 0 Å². The van der Waals surface area contributed by atoms with E-state index in [1.807, 2.05) is 0 Å². The van der Waals surface area contributed by atoms with Crippen molar-refractivity contribution in [1.82, 2.24) is 0 Å². The maximum atomic E-state index is 12.4. The van der Waals surface area contributed by atoms with Crippen molar-refractivity contribution in [3.63, 3.8) is 0 Å². The van der Waals surface area contributed by atoms with Crippen LogP contribution in [0.4, 0.5) is 26.3 Å². The van der Waals surface area contributed by atoms with Gasteiger partial charge in [0.2, 0.25) is 0 Å². The summed E-state index contributed by atoms with van der Waals surface area (Å²) in [5, 5.41) is 0. The second kappa shape index (κ2) is 11.2. The second-order valence-corrected chi connectivity index (χ2v) is 9.10. The smallest absolute Gasteiger partial charge is 0.485 e. The topological polar surface area (TPSA) is 57.2 Å². The molecule has 0 amide bonds. The molecule has 27 heavy (non-hydrogen) atoms. The Kier molecular flexibility index (Phi) is 10.9. The van der Waals surface area contributed by atoms with Crippen molar-refractivity contribution < 1.29 is 60.5 Å². The van der Waals surface area contributed by atoms with Crippen LogP contribution in [0.2, 0.25) is 0 Å². The van der Waals surface area contributed by atoms with E-state index in [0.29, 0.717) is 0 Å². The molecular weight excluding hydrogens is 513 g/mol. The number of hydrogen-bond acceptors (Lipinski definition) is 3. The predicted molar refractivity (Wildman–Crippen MR) is 83.8 cm³/mol. The fourth-order valence-corrected chi connectivity index (χ4v) is 3.89. The van der Waals surface area contributed by atoms with Gasteiger partial charge in [-0.05, 0) is 49.1 Å². The summed E-state index contributed by atoms with van der Waals surface area (Å²) in [6, 6.07) is 5.58. The first-order valence-electron chi connectivity index (χ1n) is 7.73. The van der Waals surface area contributed by atoms with Gasteiger partial charge in [0.15, 0.2) is 17.8 Å². The van der Waals surface area contributed by atoms with Gasteiger partial charge < -0.3 is 4.55 Å². The Balaban J connectivity index is 0.000000713. The lowest BCUT2D eigenvalue weighted by Crippen LogP contribution is -3.59. The van der Waals surface area contributed by atoms with Crippen LogP contribution in [0, 0.1) is 3.57 Å². The van der Waals surface area contributed by atoms with Gasteiger partial charge in [0.1, 0.15) is 0 Å².